The van der Waals surface area contributed by atoms with Crippen molar-refractivity contribution < 1.29 is 4.79 Å². The number of carbonyl (C=O) groups is 1. The minimum atomic E-state index is -0.171. The van der Waals surface area contributed by atoms with Crippen LogP contribution in [0.4, 0.5) is 0 Å². The van der Waals surface area contributed by atoms with Crippen LogP contribution in [0.15, 0.2) is 21.0 Å². The Bertz CT molecular complexity index is 317. The topological polar surface area (TPSA) is 41.8 Å². The van der Waals surface area contributed by atoms with Gasteiger partial charge in [-0.25, -0.2) is 9.98 Å². The van der Waals surface area contributed by atoms with Gasteiger partial charge in [0.2, 0.25) is 0 Å². The molecule has 0 bridgehead atoms. The van der Waals surface area contributed by atoms with Crippen molar-refractivity contribution in [1.29, 1.82) is 0 Å². The number of amides is 1. The van der Waals surface area contributed by atoms with Crippen LogP contribution >= 0.6 is 11.8 Å². The van der Waals surface area contributed by atoms with Gasteiger partial charge in [0, 0.05) is 0 Å². The summed E-state index contributed by atoms with van der Waals surface area (Å²) in [7, 11) is 0. The highest BCUT2D eigenvalue weighted by atomic mass is 32.2. The third-order valence-corrected chi connectivity index (χ3v) is 3.09. The Morgan fingerprint density at radius 1 is 1.67 bits per heavy atom. The Kier molecular flexibility index (Phi) is 1.84. The molecule has 0 aromatic heterocycles. The molecule has 2 rings (SSSR count). The summed E-state index contributed by atoms with van der Waals surface area (Å²) in [5, 5.41) is 0.881. The van der Waals surface area contributed by atoms with Gasteiger partial charge < -0.3 is 0 Å². The lowest BCUT2D eigenvalue weighted by Crippen LogP contribution is -2.18. The molecule has 0 N–H and O–H groups in total. The van der Waals surface area contributed by atoms with Crippen molar-refractivity contribution in [2.75, 3.05) is 0 Å². The molecule has 0 saturated carbocycles. The minimum absolute atomic E-state index is 0.0871. The van der Waals surface area contributed by atoms with Gasteiger partial charge in [-0.05, 0) is 11.3 Å². The molecule has 62 valence electrons. The van der Waals surface area contributed by atoms with E-state index in [-0.39, 0.29) is 11.8 Å². The van der Waals surface area contributed by atoms with Crippen molar-refractivity contribution in [3.63, 3.8) is 0 Å². The van der Waals surface area contributed by atoms with Crippen molar-refractivity contribution in [2.45, 2.75) is 13.3 Å². The molecule has 1 amide bonds. The molecule has 0 aromatic carbocycles. The van der Waals surface area contributed by atoms with Gasteiger partial charge >= 0.3 is 0 Å². The molecule has 0 saturated heterocycles. The number of allylic oxidation sites excluding steroid dienone is 1. The van der Waals surface area contributed by atoms with Crippen molar-refractivity contribution in [1.82, 2.24) is 0 Å². The highest BCUT2D eigenvalue weighted by Gasteiger charge is 2.30. The first-order valence-electron chi connectivity index (χ1n) is 3.84. The van der Waals surface area contributed by atoms with Gasteiger partial charge in [-0.3, -0.25) is 4.79 Å². The van der Waals surface area contributed by atoms with Crippen LogP contribution in [0.1, 0.15) is 13.3 Å². The number of hydrogen-bond acceptors (Lipinski definition) is 3. The number of hydrogen-bond donors (Lipinski definition) is 0. The van der Waals surface area contributed by atoms with E-state index in [1.54, 1.807) is 11.8 Å². The highest BCUT2D eigenvalue weighted by molar-refractivity contribution is 8.17. The Hall–Kier alpha value is -0.900. The van der Waals surface area contributed by atoms with E-state index in [2.05, 4.69) is 16.9 Å². The average Bonchev–Trinajstić information content (AvgIpc) is 2.49. The van der Waals surface area contributed by atoms with E-state index in [0.717, 1.165) is 11.5 Å². The molecule has 2 aliphatic rings. The van der Waals surface area contributed by atoms with Crippen LogP contribution in [0.5, 0.6) is 0 Å². The summed E-state index contributed by atoms with van der Waals surface area (Å²) in [5.41, 5.74) is 0. The number of rotatable bonds is 1. The van der Waals surface area contributed by atoms with Gasteiger partial charge in [0.05, 0.1) is 5.04 Å². The van der Waals surface area contributed by atoms with Crippen molar-refractivity contribution in [3.8, 4) is 0 Å². The zero-order valence-corrected chi connectivity index (χ0v) is 7.47. The summed E-state index contributed by atoms with van der Waals surface area (Å²) in [6.07, 6.45) is 4.27. The van der Waals surface area contributed by atoms with Gasteiger partial charge in [0.25, 0.3) is 5.91 Å². The van der Waals surface area contributed by atoms with E-state index in [4.69, 9.17) is 0 Å². The SMILES string of the molecule is CCC1=CC2C(=O)N=CN=C2S1. The zero-order valence-electron chi connectivity index (χ0n) is 6.65. The second-order valence-electron chi connectivity index (χ2n) is 2.62. The van der Waals surface area contributed by atoms with Gasteiger partial charge in [0.15, 0.2) is 0 Å². The predicted octanol–water partition coefficient (Wildman–Crippen LogP) is 1.61. The number of nitrogens with zero attached hydrogens (tertiary/aromatic N) is 2. The number of carbonyl (C=O) groups excluding carboxylic acids is 1. The second-order valence-corrected chi connectivity index (χ2v) is 3.76. The van der Waals surface area contributed by atoms with Crippen molar-refractivity contribution in [2.24, 2.45) is 15.9 Å². The third-order valence-electron chi connectivity index (χ3n) is 1.84. The maximum Gasteiger partial charge on any atom is 0.260 e. The summed E-state index contributed by atoms with van der Waals surface area (Å²) >= 11 is 1.60. The Morgan fingerprint density at radius 2 is 2.50 bits per heavy atom. The van der Waals surface area contributed by atoms with Crippen LogP contribution in [0, 0.1) is 5.92 Å². The normalized spacial score (nSPS) is 26.8. The van der Waals surface area contributed by atoms with Gasteiger partial charge in [-0.2, -0.15) is 0 Å². The fraction of sp³-hybridized carbons (Fsp3) is 0.375. The summed E-state index contributed by atoms with van der Waals surface area (Å²) in [4.78, 5) is 20.1. The molecule has 2 aliphatic heterocycles. The minimum Gasteiger partial charge on any atom is -0.271 e. The molecule has 0 aliphatic carbocycles. The average molecular weight is 180 g/mol. The molecule has 2 heterocycles. The Balaban J connectivity index is 2.30. The second kappa shape index (κ2) is 2.86. The summed E-state index contributed by atoms with van der Waals surface area (Å²) in [6.45, 7) is 2.07. The predicted molar refractivity (Wildman–Crippen MR) is 50.4 cm³/mol. The lowest BCUT2D eigenvalue weighted by molar-refractivity contribution is -0.118. The molecule has 4 heteroatoms. The molecular weight excluding hydrogens is 172 g/mol. The molecular formula is C8H8N2OS. The van der Waals surface area contributed by atoms with Crippen molar-refractivity contribution in [3.05, 3.63) is 11.0 Å². The quantitative estimate of drug-likeness (QED) is 0.615. The van der Waals surface area contributed by atoms with Crippen LogP contribution in [0.25, 0.3) is 0 Å². The fourth-order valence-corrected chi connectivity index (χ4v) is 2.20. The smallest absolute Gasteiger partial charge is 0.260 e. The molecule has 0 spiro atoms. The molecule has 3 nitrogen and oxygen atoms in total. The first kappa shape index (κ1) is 7.73. The maximum atomic E-state index is 11.2. The number of aliphatic imine (C=N–C) groups is 2. The Labute approximate surface area is 74.7 Å². The van der Waals surface area contributed by atoms with E-state index in [9.17, 15) is 4.79 Å². The maximum absolute atomic E-state index is 11.2. The van der Waals surface area contributed by atoms with Crippen LogP contribution in [-0.4, -0.2) is 17.3 Å². The van der Waals surface area contributed by atoms with Gasteiger partial charge in [0.1, 0.15) is 12.3 Å². The van der Waals surface area contributed by atoms with Gasteiger partial charge in [-0.1, -0.05) is 24.8 Å². The largest absolute Gasteiger partial charge is 0.271 e. The lowest BCUT2D eigenvalue weighted by atomic mass is 10.1. The molecule has 1 unspecified atom stereocenters. The summed E-state index contributed by atoms with van der Waals surface area (Å²) < 4.78 is 0. The lowest BCUT2D eigenvalue weighted by Gasteiger charge is -2.05. The summed E-state index contributed by atoms with van der Waals surface area (Å²) in [5.74, 6) is -0.258. The van der Waals surface area contributed by atoms with E-state index >= 15 is 0 Å². The molecule has 0 fully saturated rings. The molecule has 0 radical (unpaired) electrons. The standard InChI is InChI=1S/C8H8N2OS/c1-2-5-3-6-7(11)9-4-10-8(6)12-5/h3-4,6H,2H2,1H3. The van der Waals surface area contributed by atoms with E-state index in [0.29, 0.717) is 0 Å². The zero-order chi connectivity index (χ0) is 8.55. The van der Waals surface area contributed by atoms with Crippen LogP contribution in [-0.2, 0) is 4.79 Å². The van der Waals surface area contributed by atoms with Crippen LogP contribution < -0.4 is 0 Å². The van der Waals surface area contributed by atoms with Crippen LogP contribution in [0.2, 0.25) is 0 Å². The van der Waals surface area contributed by atoms with E-state index in [1.165, 1.54) is 11.2 Å². The first-order valence-corrected chi connectivity index (χ1v) is 4.65. The Morgan fingerprint density at radius 3 is 3.17 bits per heavy atom. The number of fused-ring (bicyclic) bond motifs is 1. The first-order chi connectivity index (χ1) is 5.81. The van der Waals surface area contributed by atoms with E-state index < -0.39 is 0 Å². The fourth-order valence-electron chi connectivity index (χ4n) is 1.19. The third kappa shape index (κ3) is 1.12. The van der Waals surface area contributed by atoms with Crippen molar-refractivity contribution >= 4 is 29.1 Å². The number of thioether (sulfide) groups is 1. The molecule has 12 heavy (non-hydrogen) atoms. The monoisotopic (exact) mass is 180 g/mol. The highest BCUT2D eigenvalue weighted by Crippen LogP contribution is 2.35. The van der Waals surface area contributed by atoms with E-state index in [1.807, 2.05) is 6.08 Å². The van der Waals surface area contributed by atoms with Crippen LogP contribution in [0.3, 0.4) is 0 Å². The molecule has 1 atom stereocenters. The van der Waals surface area contributed by atoms with Gasteiger partial charge in [-0.15, -0.1) is 0 Å². The molecule has 0 aromatic rings. The summed E-state index contributed by atoms with van der Waals surface area (Å²) in [6, 6.07) is 0.